The van der Waals surface area contributed by atoms with E-state index >= 15 is 0 Å². The molecule has 0 aliphatic carbocycles. The number of alkyl halides is 6. The van der Waals surface area contributed by atoms with Gasteiger partial charge in [0.15, 0.2) is 0 Å². The second-order valence-electron chi connectivity index (χ2n) is 7.26. The molecule has 9 heteroatoms. The Morgan fingerprint density at radius 2 is 1.25 bits per heavy atom. The molecule has 2 rings (SSSR count). The molecule has 1 N–H and O–H groups in total. The summed E-state index contributed by atoms with van der Waals surface area (Å²) in [6, 6.07) is 17.1. The summed E-state index contributed by atoms with van der Waals surface area (Å²) in [4.78, 5) is 0. The molecule has 0 bridgehead atoms. The number of halogens is 6. The van der Waals surface area contributed by atoms with Crippen LogP contribution in [0.4, 0.5) is 32.0 Å². The normalized spacial score (nSPS) is 11.6. The summed E-state index contributed by atoms with van der Waals surface area (Å²) in [5.74, 6) is -2.43. The summed E-state index contributed by atoms with van der Waals surface area (Å²) in [6.45, 7) is 8.82. The van der Waals surface area contributed by atoms with Gasteiger partial charge in [-0.15, -0.1) is 5.92 Å². The molecule has 0 aromatic heterocycles. The molecule has 0 saturated heterocycles. The van der Waals surface area contributed by atoms with E-state index in [9.17, 15) is 26.3 Å². The van der Waals surface area contributed by atoms with Crippen LogP contribution in [0.5, 0.6) is 0 Å². The molecule has 0 amide bonds. The topological polar surface area (TPSA) is 32.6 Å². The predicted molar refractivity (Wildman–Crippen MR) is 113 cm³/mol. The Kier molecular flexibility index (Phi) is 12.5. The molecule has 32 heavy (non-hydrogen) atoms. The van der Waals surface area contributed by atoms with Crippen LogP contribution in [-0.2, 0) is 23.3 Å². The minimum absolute atomic E-state index is 0. The van der Waals surface area contributed by atoms with Crippen molar-refractivity contribution in [1.29, 1.82) is 0 Å². The number of benzene rings is 2. The van der Waals surface area contributed by atoms with Crippen LogP contribution >= 0.6 is 0 Å². The number of aliphatic hydroxyl groups is 1. The van der Waals surface area contributed by atoms with E-state index in [2.05, 4.69) is 80.6 Å². The van der Waals surface area contributed by atoms with Gasteiger partial charge in [-0.2, -0.15) is 6.92 Å². The van der Waals surface area contributed by atoms with Gasteiger partial charge in [0.2, 0.25) is 0 Å². The Hall–Kier alpha value is -1.66. The van der Waals surface area contributed by atoms with Gasteiger partial charge in [0.05, 0.1) is 0 Å². The molecule has 0 saturated carbocycles. The molecule has 0 fully saturated rings. The van der Waals surface area contributed by atoms with Gasteiger partial charge in [0.1, 0.15) is 0 Å². The van der Waals surface area contributed by atoms with Crippen LogP contribution in [0.2, 0.25) is 0 Å². The van der Waals surface area contributed by atoms with Gasteiger partial charge in [0.25, 0.3) is 12.4 Å². The third kappa shape index (κ3) is 10.3. The van der Waals surface area contributed by atoms with Crippen molar-refractivity contribution >= 4 is 10.1 Å². The van der Waals surface area contributed by atoms with Gasteiger partial charge in [-0.25, -0.2) is 26.3 Å². The summed E-state index contributed by atoms with van der Waals surface area (Å²) in [5.41, 5.74) is 5.21. The molecule has 0 unspecified atom stereocenters. The third-order valence-corrected chi connectivity index (χ3v) is 6.71. The monoisotopic (exact) mass is 546 g/mol. The van der Waals surface area contributed by atoms with Gasteiger partial charge in [-0.1, -0.05) is 0 Å². The van der Waals surface area contributed by atoms with E-state index in [4.69, 9.17) is 8.60 Å². The average molecular weight is 544 g/mol. The molecule has 0 spiro atoms. The summed E-state index contributed by atoms with van der Waals surface area (Å²) in [5, 5.41) is 7.00. The predicted octanol–water partition coefficient (Wildman–Crippen LogP) is 7.29. The molecule has 0 aliphatic rings. The molecular weight excluding hydrogens is 516 g/mol. The number of aliphatic hydroxyl groups excluding tert-OH is 1. The van der Waals surface area contributed by atoms with Crippen LogP contribution < -0.4 is 0 Å². The third-order valence-electron chi connectivity index (χ3n) is 4.30. The molecule has 2 aromatic carbocycles. The van der Waals surface area contributed by atoms with Crippen LogP contribution in [0.3, 0.4) is 0 Å². The Balaban J connectivity index is 0.000000680. The van der Waals surface area contributed by atoms with Crippen molar-refractivity contribution in [3.63, 3.8) is 0 Å². The van der Waals surface area contributed by atoms with E-state index in [1.54, 1.807) is 0 Å². The zero-order valence-corrected chi connectivity index (χ0v) is 20.8. The van der Waals surface area contributed by atoms with E-state index < -0.39 is 36.2 Å². The second kappa shape index (κ2) is 13.1. The summed E-state index contributed by atoms with van der Waals surface area (Å²) in [7, 11) is 1.00. The fourth-order valence-electron chi connectivity index (χ4n) is 2.26. The quantitative estimate of drug-likeness (QED) is 0.246. The summed E-state index contributed by atoms with van der Waals surface area (Å²) in [6.07, 6.45) is -10.5. The Bertz CT molecular complexity index is 851. The number of hydrogen-bond acceptors (Lipinski definition) is 2. The molecular formula is C23H28F6MoNO-. The van der Waals surface area contributed by atoms with E-state index in [1.807, 2.05) is 0 Å². The maximum absolute atomic E-state index is 11.2. The first kappa shape index (κ1) is 30.3. The van der Waals surface area contributed by atoms with Crippen LogP contribution in [0.15, 0.2) is 52.0 Å². The SMILES string of the molecule is CO.C[C-](C(F)(F)F)C(F)(F)F.Cc1cccc(C)c1[N]=[Mo]=[CH]C(C)(C)c1ccccc1. The molecule has 2 aromatic rings. The van der Waals surface area contributed by atoms with Crippen molar-refractivity contribution in [1.82, 2.24) is 0 Å². The fourth-order valence-corrected chi connectivity index (χ4v) is 4.34. The summed E-state index contributed by atoms with van der Waals surface area (Å²) >= 11 is -0.493. The number of hydrogen-bond donors (Lipinski definition) is 1. The van der Waals surface area contributed by atoms with Crippen molar-refractivity contribution in [2.45, 2.75) is 52.4 Å². The van der Waals surface area contributed by atoms with Crippen LogP contribution in [0, 0.1) is 19.8 Å². The first-order valence-corrected chi connectivity index (χ1v) is 11.5. The molecule has 0 atom stereocenters. The zero-order chi connectivity index (χ0) is 25.2. The molecule has 0 aliphatic heterocycles. The van der Waals surface area contributed by atoms with Crippen LogP contribution in [0.25, 0.3) is 0 Å². The maximum atomic E-state index is 11.2. The fraction of sp³-hybridized carbons (Fsp3) is 0.391. The Morgan fingerprint density at radius 3 is 1.62 bits per heavy atom. The Labute approximate surface area is 193 Å². The number of aryl methyl sites for hydroxylation is 2. The van der Waals surface area contributed by atoms with Crippen molar-refractivity contribution < 1.29 is 49.4 Å². The van der Waals surface area contributed by atoms with Gasteiger partial charge < -0.3 is 5.11 Å². The van der Waals surface area contributed by atoms with Crippen molar-refractivity contribution in [3.8, 4) is 0 Å². The van der Waals surface area contributed by atoms with Gasteiger partial charge >= 0.3 is 130 Å². The van der Waals surface area contributed by atoms with Gasteiger partial charge in [-0.05, 0) is 0 Å². The minimum atomic E-state index is -5.27. The van der Waals surface area contributed by atoms with E-state index in [0.717, 1.165) is 7.11 Å². The standard InChI is InChI=1S/C10H12.C8H9N.C4H3F6.CH4O.Mo/c1-10(2,3)9-7-5-4-6-8-9;1-6-4-3-5-7(2)8(6)9;1-2(3(5,6)7)4(8,9)10;1-2;/h1,4-8H,2-3H3;3-5H,1-2H3;1H3;2H,1H3;/q;;-1;;. The second-order valence-corrected chi connectivity index (χ2v) is 8.81. The van der Waals surface area contributed by atoms with E-state index in [1.165, 1.54) is 22.4 Å². The van der Waals surface area contributed by atoms with Crippen molar-refractivity contribution in [3.05, 3.63) is 71.1 Å². The zero-order valence-electron chi connectivity index (χ0n) is 18.8. The molecule has 2 nitrogen and oxygen atoms in total. The van der Waals surface area contributed by atoms with Crippen LogP contribution in [0.1, 0.15) is 37.5 Å². The molecule has 0 radical (unpaired) electrons. The molecule has 180 valence electrons. The van der Waals surface area contributed by atoms with E-state index in [-0.39, 0.29) is 12.3 Å². The van der Waals surface area contributed by atoms with Gasteiger partial charge in [0, 0.05) is 7.11 Å². The first-order valence-electron chi connectivity index (χ1n) is 9.42. The van der Waals surface area contributed by atoms with Crippen molar-refractivity contribution in [2.75, 3.05) is 7.11 Å². The summed E-state index contributed by atoms with van der Waals surface area (Å²) < 4.78 is 74.4. The van der Waals surface area contributed by atoms with E-state index in [0.29, 0.717) is 0 Å². The van der Waals surface area contributed by atoms with Crippen LogP contribution in [-0.4, -0.2) is 29.0 Å². The van der Waals surface area contributed by atoms with Gasteiger partial charge in [-0.3, -0.25) is 0 Å². The Morgan fingerprint density at radius 1 is 0.812 bits per heavy atom. The average Bonchev–Trinajstić information content (AvgIpc) is 2.71. The molecule has 0 heterocycles. The first-order chi connectivity index (χ1) is 14.7. The van der Waals surface area contributed by atoms with Crippen molar-refractivity contribution in [2.24, 2.45) is 3.50 Å². The number of nitrogens with zero attached hydrogens (tertiary/aromatic N) is 1. The number of rotatable bonds is 3.